The van der Waals surface area contributed by atoms with Crippen LogP contribution in [-0.2, 0) is 9.59 Å². The lowest BCUT2D eigenvalue weighted by atomic mass is 9.92. The highest BCUT2D eigenvalue weighted by Gasteiger charge is 2.63. The molecule has 2 fully saturated rings. The summed E-state index contributed by atoms with van der Waals surface area (Å²) in [7, 11) is 0. The van der Waals surface area contributed by atoms with Gasteiger partial charge in [-0.25, -0.2) is 0 Å². The maximum Gasteiger partial charge on any atom is 0.249 e. The van der Waals surface area contributed by atoms with E-state index in [1.54, 1.807) is 16.7 Å². The van der Waals surface area contributed by atoms with Gasteiger partial charge in [-0.3, -0.25) is 9.59 Å². The zero-order valence-corrected chi connectivity index (χ0v) is 15.1. The molecule has 4 rings (SSSR count). The lowest BCUT2D eigenvalue weighted by molar-refractivity contribution is -0.151. The lowest BCUT2D eigenvalue weighted by Crippen LogP contribution is -2.68. The van der Waals surface area contributed by atoms with Gasteiger partial charge in [0.15, 0.2) is 5.82 Å². The number of aromatic amines is 1. The maximum atomic E-state index is 12.7. The van der Waals surface area contributed by atoms with Crippen molar-refractivity contribution in [1.82, 2.24) is 30.8 Å². The molecule has 2 N–H and O–H groups in total. The lowest BCUT2D eigenvalue weighted by Gasteiger charge is -2.44. The molecular formula is C16H22N6O2S. The van der Waals surface area contributed by atoms with Crippen LogP contribution in [0.5, 0.6) is 0 Å². The number of carbonyl (C=O) groups is 2. The molecule has 3 aliphatic rings. The molecule has 0 saturated carbocycles. The summed E-state index contributed by atoms with van der Waals surface area (Å²) >= 11 is 1.68. The van der Waals surface area contributed by atoms with E-state index in [0.717, 1.165) is 19.3 Å². The first-order chi connectivity index (χ1) is 12.0. The highest BCUT2D eigenvalue weighted by molar-refractivity contribution is 8.01. The minimum absolute atomic E-state index is 0.0454. The molecule has 3 unspecified atom stereocenters. The Hall–Kier alpha value is -1.90. The van der Waals surface area contributed by atoms with Gasteiger partial charge in [0.2, 0.25) is 11.8 Å². The fourth-order valence-corrected chi connectivity index (χ4v) is 5.60. The van der Waals surface area contributed by atoms with Gasteiger partial charge < -0.3 is 10.2 Å². The zero-order valence-electron chi connectivity index (χ0n) is 14.3. The van der Waals surface area contributed by atoms with Crippen LogP contribution in [-0.4, -0.2) is 53.5 Å². The predicted molar refractivity (Wildman–Crippen MR) is 92.3 cm³/mol. The zero-order chi connectivity index (χ0) is 17.6. The molecule has 0 spiro atoms. The summed E-state index contributed by atoms with van der Waals surface area (Å²) in [5, 5.41) is 17.1. The van der Waals surface area contributed by atoms with Crippen LogP contribution in [0.4, 0.5) is 0 Å². The van der Waals surface area contributed by atoms with Crippen molar-refractivity contribution in [2.24, 2.45) is 5.92 Å². The smallest absolute Gasteiger partial charge is 0.249 e. The standard InChI is InChI=1S/C16H22N6O2S/c1-16(2)12(13-18-20-21-19-13)22-14(24)11(15(22)25-16)17-10(23)8-9-6-4-3-5-7-9/h4,6,9,11-12,15H,3,5,7-8H2,1-2H3,(H,17,23)(H,18,19,20,21)/t9?,11?,12?,15-/m0/s1. The third kappa shape index (κ3) is 2.84. The number of hydrogen-bond acceptors (Lipinski definition) is 6. The van der Waals surface area contributed by atoms with Crippen molar-refractivity contribution in [3.63, 3.8) is 0 Å². The van der Waals surface area contributed by atoms with Crippen LogP contribution in [0, 0.1) is 5.92 Å². The molecule has 2 aliphatic heterocycles. The van der Waals surface area contributed by atoms with Gasteiger partial charge in [0.1, 0.15) is 17.5 Å². The van der Waals surface area contributed by atoms with Crippen molar-refractivity contribution in [1.29, 1.82) is 0 Å². The third-order valence-electron chi connectivity index (χ3n) is 5.17. The Morgan fingerprint density at radius 2 is 2.36 bits per heavy atom. The molecule has 0 radical (unpaired) electrons. The van der Waals surface area contributed by atoms with E-state index in [1.165, 1.54) is 0 Å². The molecule has 25 heavy (non-hydrogen) atoms. The van der Waals surface area contributed by atoms with Gasteiger partial charge in [-0.15, -0.1) is 22.0 Å². The number of aromatic nitrogens is 4. The van der Waals surface area contributed by atoms with Gasteiger partial charge in [0.25, 0.3) is 0 Å². The van der Waals surface area contributed by atoms with Crippen LogP contribution in [0.2, 0.25) is 0 Å². The van der Waals surface area contributed by atoms with Crippen molar-refractivity contribution in [3.8, 4) is 0 Å². The van der Waals surface area contributed by atoms with Crippen molar-refractivity contribution >= 4 is 23.6 Å². The molecule has 3 heterocycles. The molecule has 2 saturated heterocycles. The minimum atomic E-state index is -0.457. The summed E-state index contributed by atoms with van der Waals surface area (Å²) in [6.45, 7) is 4.13. The van der Waals surface area contributed by atoms with E-state index < -0.39 is 6.04 Å². The van der Waals surface area contributed by atoms with Crippen molar-refractivity contribution in [2.45, 2.75) is 61.7 Å². The topological polar surface area (TPSA) is 104 Å². The van der Waals surface area contributed by atoms with E-state index >= 15 is 0 Å². The average Bonchev–Trinajstić information content (AvgIpc) is 3.18. The van der Waals surface area contributed by atoms with Gasteiger partial charge in [-0.1, -0.05) is 17.4 Å². The second-order valence-electron chi connectivity index (χ2n) is 7.40. The Morgan fingerprint density at radius 1 is 1.52 bits per heavy atom. The van der Waals surface area contributed by atoms with E-state index in [2.05, 4.69) is 51.9 Å². The second-order valence-corrected chi connectivity index (χ2v) is 9.17. The second kappa shape index (κ2) is 6.12. The van der Waals surface area contributed by atoms with Gasteiger partial charge in [-0.2, -0.15) is 5.21 Å². The van der Waals surface area contributed by atoms with Gasteiger partial charge in [0.05, 0.1) is 0 Å². The van der Waals surface area contributed by atoms with Crippen LogP contribution < -0.4 is 5.32 Å². The molecule has 0 bridgehead atoms. The number of allylic oxidation sites excluding steroid dienone is 2. The van der Waals surface area contributed by atoms with E-state index in [1.807, 2.05) is 0 Å². The number of fused-ring (bicyclic) bond motifs is 1. The van der Waals surface area contributed by atoms with Crippen molar-refractivity contribution in [3.05, 3.63) is 18.0 Å². The molecule has 9 heteroatoms. The van der Waals surface area contributed by atoms with Gasteiger partial charge >= 0.3 is 0 Å². The van der Waals surface area contributed by atoms with E-state index in [0.29, 0.717) is 18.2 Å². The van der Waals surface area contributed by atoms with Crippen LogP contribution in [0.15, 0.2) is 12.2 Å². The molecule has 4 atom stereocenters. The van der Waals surface area contributed by atoms with Crippen LogP contribution in [0.25, 0.3) is 0 Å². The number of nitrogens with one attached hydrogen (secondary N) is 2. The third-order valence-corrected chi connectivity index (χ3v) is 6.74. The monoisotopic (exact) mass is 362 g/mol. The highest BCUT2D eigenvalue weighted by atomic mass is 32.2. The van der Waals surface area contributed by atoms with Crippen LogP contribution in [0.1, 0.15) is 51.4 Å². The average molecular weight is 362 g/mol. The number of H-pyrrole nitrogens is 1. The van der Waals surface area contributed by atoms with Crippen molar-refractivity contribution in [2.75, 3.05) is 0 Å². The number of amides is 2. The molecule has 2 amide bonds. The summed E-state index contributed by atoms with van der Waals surface area (Å²) in [5.74, 6) is 0.701. The maximum absolute atomic E-state index is 12.7. The molecule has 0 aromatic carbocycles. The number of β-lactam (4-membered cyclic amide) rings is 1. The summed E-state index contributed by atoms with van der Waals surface area (Å²) < 4.78 is -0.240. The number of rotatable bonds is 4. The number of carbonyl (C=O) groups excluding carboxylic acids is 2. The molecular weight excluding hydrogens is 340 g/mol. The Morgan fingerprint density at radius 3 is 3.04 bits per heavy atom. The fourth-order valence-electron chi connectivity index (χ4n) is 3.97. The Balaban J connectivity index is 1.43. The fraction of sp³-hybridized carbons (Fsp3) is 0.688. The Kier molecular flexibility index (Phi) is 4.05. The summed E-state index contributed by atoms with van der Waals surface area (Å²) in [4.78, 5) is 26.8. The molecule has 8 nitrogen and oxygen atoms in total. The largest absolute Gasteiger partial charge is 0.342 e. The summed E-state index contributed by atoms with van der Waals surface area (Å²) in [6.07, 6.45) is 7.98. The minimum Gasteiger partial charge on any atom is -0.342 e. The highest BCUT2D eigenvalue weighted by Crippen LogP contribution is 2.56. The predicted octanol–water partition coefficient (Wildman–Crippen LogP) is 1.17. The van der Waals surface area contributed by atoms with E-state index in [9.17, 15) is 9.59 Å². The molecule has 1 aliphatic carbocycles. The Bertz CT molecular complexity index is 703. The number of thioether (sulfide) groups is 1. The van der Waals surface area contributed by atoms with Gasteiger partial charge in [-0.05, 0) is 39.0 Å². The summed E-state index contributed by atoms with van der Waals surface area (Å²) in [5.41, 5.74) is 0. The van der Waals surface area contributed by atoms with Gasteiger partial charge in [0, 0.05) is 11.2 Å². The number of nitrogens with zero attached hydrogens (tertiary/aromatic N) is 4. The van der Waals surface area contributed by atoms with E-state index in [4.69, 9.17) is 0 Å². The number of hydrogen-bond donors (Lipinski definition) is 2. The summed E-state index contributed by atoms with van der Waals surface area (Å²) in [6, 6.07) is -0.690. The first-order valence-corrected chi connectivity index (χ1v) is 9.55. The van der Waals surface area contributed by atoms with E-state index in [-0.39, 0.29) is 28.0 Å². The van der Waals surface area contributed by atoms with Crippen LogP contribution in [0.3, 0.4) is 0 Å². The van der Waals surface area contributed by atoms with Crippen LogP contribution >= 0.6 is 11.8 Å². The molecule has 1 aromatic rings. The first kappa shape index (κ1) is 16.6. The molecule has 134 valence electrons. The molecule has 1 aromatic heterocycles. The quantitative estimate of drug-likeness (QED) is 0.615. The Labute approximate surface area is 150 Å². The first-order valence-electron chi connectivity index (χ1n) is 8.67. The number of tetrazole rings is 1. The normalized spacial score (nSPS) is 33.0. The van der Waals surface area contributed by atoms with Crippen molar-refractivity contribution < 1.29 is 9.59 Å². The SMILES string of the molecule is CC1(C)S[C@H]2C(NC(=O)CC3C=CCCC3)C(=O)N2C1c1nn[nH]n1.